The van der Waals surface area contributed by atoms with Gasteiger partial charge < -0.3 is 5.73 Å². The molecular weight excluding hydrogens is 274 g/mol. The van der Waals surface area contributed by atoms with E-state index in [9.17, 15) is 0 Å². The molecule has 0 aliphatic heterocycles. The number of rotatable bonds is 2. The number of thiazole rings is 2. The molecule has 0 aliphatic rings. The van der Waals surface area contributed by atoms with Crippen LogP contribution in [-0.2, 0) is 0 Å². The van der Waals surface area contributed by atoms with Crippen molar-refractivity contribution in [2.45, 2.75) is 13.8 Å². The highest BCUT2D eigenvalue weighted by atomic mass is 32.1. The van der Waals surface area contributed by atoms with Crippen LogP contribution in [0.1, 0.15) is 10.7 Å². The topological polar surface area (TPSA) is 51.8 Å². The van der Waals surface area contributed by atoms with E-state index < -0.39 is 0 Å². The number of nitrogens with zero attached hydrogens (tertiary/aromatic N) is 2. The van der Waals surface area contributed by atoms with E-state index in [2.05, 4.69) is 10.4 Å². The molecule has 5 heteroatoms. The van der Waals surface area contributed by atoms with Crippen LogP contribution in [0.4, 0.5) is 5.69 Å². The Morgan fingerprint density at radius 3 is 2.58 bits per heavy atom. The van der Waals surface area contributed by atoms with Crippen molar-refractivity contribution in [2.75, 3.05) is 5.73 Å². The van der Waals surface area contributed by atoms with Gasteiger partial charge in [-0.1, -0.05) is 12.1 Å². The third-order valence-electron chi connectivity index (χ3n) is 2.83. The van der Waals surface area contributed by atoms with Crippen molar-refractivity contribution in [2.24, 2.45) is 0 Å². The first-order valence-corrected chi connectivity index (χ1v) is 7.59. The largest absolute Gasteiger partial charge is 0.398 e. The summed E-state index contributed by atoms with van der Waals surface area (Å²) in [6.07, 6.45) is 0. The van der Waals surface area contributed by atoms with E-state index in [1.807, 2.05) is 38.1 Å². The lowest BCUT2D eigenvalue weighted by Gasteiger charge is -2.00. The molecule has 0 saturated heterocycles. The van der Waals surface area contributed by atoms with Crippen LogP contribution in [0.2, 0.25) is 0 Å². The van der Waals surface area contributed by atoms with Gasteiger partial charge in [-0.25, -0.2) is 9.97 Å². The zero-order valence-electron chi connectivity index (χ0n) is 10.7. The van der Waals surface area contributed by atoms with Crippen molar-refractivity contribution in [1.29, 1.82) is 0 Å². The van der Waals surface area contributed by atoms with Gasteiger partial charge in [0.25, 0.3) is 0 Å². The maximum atomic E-state index is 5.99. The van der Waals surface area contributed by atoms with Crippen LogP contribution in [0.3, 0.4) is 0 Å². The predicted octanol–water partition coefficient (Wildman–Crippen LogP) is 4.13. The summed E-state index contributed by atoms with van der Waals surface area (Å²) in [5.74, 6) is 0. The molecule has 0 radical (unpaired) electrons. The van der Waals surface area contributed by atoms with Crippen LogP contribution in [0.15, 0.2) is 29.6 Å². The SMILES string of the molecule is Cc1nc(C)c(-c2csc(-c3ccccc3N)n2)s1. The van der Waals surface area contributed by atoms with Crippen molar-refractivity contribution in [3.05, 3.63) is 40.3 Å². The molecule has 0 saturated carbocycles. The van der Waals surface area contributed by atoms with Crippen LogP contribution >= 0.6 is 22.7 Å². The van der Waals surface area contributed by atoms with Gasteiger partial charge in [0.1, 0.15) is 5.01 Å². The molecule has 2 aromatic heterocycles. The summed E-state index contributed by atoms with van der Waals surface area (Å²) in [4.78, 5) is 10.3. The molecule has 1 aromatic carbocycles. The first kappa shape index (κ1) is 12.3. The fourth-order valence-corrected chi connectivity index (χ4v) is 3.78. The fourth-order valence-electron chi connectivity index (χ4n) is 1.96. The van der Waals surface area contributed by atoms with Crippen molar-refractivity contribution in [3.8, 4) is 21.1 Å². The van der Waals surface area contributed by atoms with Gasteiger partial charge in [-0.05, 0) is 26.0 Å². The quantitative estimate of drug-likeness (QED) is 0.721. The Bertz CT molecular complexity index is 728. The Balaban J connectivity index is 2.05. The average molecular weight is 287 g/mol. The van der Waals surface area contributed by atoms with E-state index in [1.165, 1.54) is 0 Å². The normalized spacial score (nSPS) is 10.8. The van der Waals surface area contributed by atoms with Crippen molar-refractivity contribution in [1.82, 2.24) is 9.97 Å². The summed E-state index contributed by atoms with van der Waals surface area (Å²) < 4.78 is 0. The van der Waals surface area contributed by atoms with Crippen molar-refractivity contribution < 1.29 is 0 Å². The fraction of sp³-hybridized carbons (Fsp3) is 0.143. The number of aryl methyl sites for hydroxylation is 2. The number of nitrogens with two attached hydrogens (primary N) is 1. The van der Waals surface area contributed by atoms with Crippen molar-refractivity contribution in [3.63, 3.8) is 0 Å². The molecule has 19 heavy (non-hydrogen) atoms. The van der Waals surface area contributed by atoms with E-state index in [1.54, 1.807) is 22.7 Å². The molecule has 2 N–H and O–H groups in total. The minimum atomic E-state index is 0.764. The molecule has 0 bridgehead atoms. The van der Waals surface area contributed by atoms with Crippen molar-refractivity contribution >= 4 is 28.4 Å². The summed E-state index contributed by atoms with van der Waals surface area (Å²) in [5, 5.41) is 4.10. The number of aromatic nitrogens is 2. The van der Waals surface area contributed by atoms with Gasteiger partial charge in [0.2, 0.25) is 0 Å². The van der Waals surface area contributed by atoms with Crippen LogP contribution in [0, 0.1) is 13.8 Å². The highest BCUT2D eigenvalue weighted by molar-refractivity contribution is 7.16. The Morgan fingerprint density at radius 1 is 1.11 bits per heavy atom. The molecule has 96 valence electrons. The first-order valence-electron chi connectivity index (χ1n) is 5.90. The van der Waals surface area contributed by atoms with Crippen LogP contribution in [-0.4, -0.2) is 9.97 Å². The van der Waals surface area contributed by atoms with E-state index in [0.717, 1.165) is 37.5 Å². The summed E-state index contributed by atoms with van der Waals surface area (Å²) in [6.45, 7) is 4.04. The smallest absolute Gasteiger partial charge is 0.126 e. The predicted molar refractivity (Wildman–Crippen MR) is 82.5 cm³/mol. The second-order valence-electron chi connectivity index (χ2n) is 4.27. The van der Waals surface area contributed by atoms with E-state index in [0.29, 0.717) is 0 Å². The van der Waals surface area contributed by atoms with Crippen LogP contribution in [0.25, 0.3) is 21.1 Å². The Kier molecular flexibility index (Phi) is 3.08. The molecule has 0 amide bonds. The van der Waals surface area contributed by atoms with E-state index in [-0.39, 0.29) is 0 Å². The Labute approximate surface area is 119 Å². The third kappa shape index (κ3) is 2.27. The maximum absolute atomic E-state index is 5.99. The lowest BCUT2D eigenvalue weighted by molar-refractivity contribution is 1.20. The summed E-state index contributed by atoms with van der Waals surface area (Å²) >= 11 is 3.30. The lowest BCUT2D eigenvalue weighted by atomic mass is 10.2. The summed E-state index contributed by atoms with van der Waals surface area (Å²) in [7, 11) is 0. The molecule has 0 unspecified atom stereocenters. The van der Waals surface area contributed by atoms with Gasteiger partial charge in [0.15, 0.2) is 0 Å². The van der Waals surface area contributed by atoms with Crippen LogP contribution < -0.4 is 5.73 Å². The molecule has 0 aliphatic carbocycles. The summed E-state index contributed by atoms with van der Waals surface area (Å²) in [5.41, 5.74) is 9.79. The number of para-hydroxylation sites is 1. The maximum Gasteiger partial charge on any atom is 0.126 e. The molecule has 0 atom stereocenters. The number of anilines is 1. The molecule has 3 rings (SSSR count). The van der Waals surface area contributed by atoms with E-state index >= 15 is 0 Å². The first-order chi connectivity index (χ1) is 9.15. The molecule has 0 fully saturated rings. The van der Waals surface area contributed by atoms with Gasteiger partial charge in [-0.3, -0.25) is 0 Å². The number of nitrogen functional groups attached to an aromatic ring is 1. The van der Waals surface area contributed by atoms with Gasteiger partial charge in [0.05, 0.1) is 21.3 Å². The molecule has 0 spiro atoms. The van der Waals surface area contributed by atoms with Gasteiger partial charge in [-0.2, -0.15) is 0 Å². The highest BCUT2D eigenvalue weighted by Gasteiger charge is 2.13. The zero-order chi connectivity index (χ0) is 13.4. The minimum absolute atomic E-state index is 0.764. The second kappa shape index (κ2) is 4.75. The third-order valence-corrected chi connectivity index (χ3v) is 4.80. The average Bonchev–Trinajstić information content (AvgIpc) is 2.96. The molecule has 2 heterocycles. The highest BCUT2D eigenvalue weighted by Crippen LogP contribution is 2.35. The number of hydrogen-bond donors (Lipinski definition) is 1. The molecule has 3 aromatic rings. The number of hydrogen-bond acceptors (Lipinski definition) is 5. The monoisotopic (exact) mass is 287 g/mol. The Hall–Kier alpha value is -1.72. The van der Waals surface area contributed by atoms with E-state index in [4.69, 9.17) is 10.7 Å². The zero-order valence-corrected chi connectivity index (χ0v) is 12.3. The minimum Gasteiger partial charge on any atom is -0.398 e. The molecule has 3 nitrogen and oxygen atoms in total. The van der Waals surface area contributed by atoms with Gasteiger partial charge in [-0.15, -0.1) is 22.7 Å². The summed E-state index contributed by atoms with van der Waals surface area (Å²) in [6, 6.07) is 7.82. The van der Waals surface area contributed by atoms with Crippen LogP contribution in [0.5, 0.6) is 0 Å². The van der Waals surface area contributed by atoms with Gasteiger partial charge >= 0.3 is 0 Å². The van der Waals surface area contributed by atoms with Gasteiger partial charge in [0, 0.05) is 16.6 Å². The second-order valence-corrected chi connectivity index (χ2v) is 6.33. The standard InChI is InChI=1S/C14H13N3S2/c1-8-13(19-9(2)16-8)12-7-18-14(17-12)10-5-3-4-6-11(10)15/h3-7H,15H2,1-2H3. The number of benzene rings is 1. The Morgan fingerprint density at radius 2 is 1.89 bits per heavy atom. The lowest BCUT2D eigenvalue weighted by Crippen LogP contribution is -1.88. The molecular formula is C14H13N3S2.